The summed E-state index contributed by atoms with van der Waals surface area (Å²) in [7, 11) is 0. The number of carbonyl (C=O) groups excluding carboxylic acids is 1. The minimum Gasteiger partial charge on any atom is -0.348 e. The molecule has 0 aromatic heterocycles. The van der Waals surface area contributed by atoms with E-state index >= 15 is 0 Å². The van der Waals surface area contributed by atoms with E-state index in [1.807, 2.05) is 0 Å². The lowest BCUT2D eigenvalue weighted by Gasteiger charge is -2.13. The van der Waals surface area contributed by atoms with Crippen molar-refractivity contribution in [3.05, 3.63) is 35.1 Å². The number of rotatable bonds is 3. The van der Waals surface area contributed by atoms with E-state index < -0.39 is 35.1 Å². The highest BCUT2D eigenvalue weighted by Gasteiger charge is 2.35. The minimum atomic E-state index is -4.83. The predicted molar refractivity (Wildman–Crippen MR) is 59.1 cm³/mol. The molecule has 0 heterocycles. The second-order valence-electron chi connectivity index (χ2n) is 3.69. The van der Waals surface area contributed by atoms with E-state index in [1.165, 1.54) is 0 Å². The Balaban J connectivity index is 3.08. The molecule has 1 aromatic rings. The molecule has 1 unspecified atom stereocenters. The summed E-state index contributed by atoms with van der Waals surface area (Å²) in [4.78, 5) is 11.5. The molecule has 1 aromatic carbocycles. The molecular weight excluding hydrogens is 274 g/mol. The van der Waals surface area contributed by atoms with E-state index in [-0.39, 0.29) is 5.88 Å². The van der Waals surface area contributed by atoms with Gasteiger partial charge in [-0.05, 0) is 19.1 Å². The van der Waals surface area contributed by atoms with Gasteiger partial charge in [0, 0.05) is 11.9 Å². The van der Waals surface area contributed by atoms with Crippen LogP contribution in [-0.2, 0) is 6.18 Å². The molecule has 1 rings (SSSR count). The third-order valence-electron chi connectivity index (χ3n) is 2.16. The van der Waals surface area contributed by atoms with Gasteiger partial charge in [0.1, 0.15) is 5.82 Å². The van der Waals surface area contributed by atoms with Gasteiger partial charge in [0.25, 0.3) is 5.91 Å². The van der Waals surface area contributed by atoms with Crippen LogP contribution in [0.25, 0.3) is 0 Å². The third kappa shape index (κ3) is 3.35. The molecule has 100 valence electrons. The van der Waals surface area contributed by atoms with Gasteiger partial charge in [0.05, 0.1) is 11.1 Å². The molecule has 7 heteroatoms. The first kappa shape index (κ1) is 14.8. The number of hydrogen-bond donors (Lipinski definition) is 1. The molecule has 0 radical (unpaired) electrons. The SMILES string of the molecule is CC(CCl)NC(=O)c1cccc(C(F)(F)F)c1F. The number of hydrogen-bond acceptors (Lipinski definition) is 1. The second kappa shape index (κ2) is 5.56. The first-order valence-electron chi connectivity index (χ1n) is 5.00. The fraction of sp³-hybridized carbons (Fsp3) is 0.364. The molecular formula is C11H10ClF4NO. The highest BCUT2D eigenvalue weighted by Crippen LogP contribution is 2.32. The Morgan fingerprint density at radius 1 is 1.44 bits per heavy atom. The van der Waals surface area contributed by atoms with Crippen LogP contribution in [-0.4, -0.2) is 17.8 Å². The van der Waals surface area contributed by atoms with Crippen LogP contribution in [0.3, 0.4) is 0 Å². The average molecular weight is 284 g/mol. The molecule has 0 aliphatic carbocycles. The van der Waals surface area contributed by atoms with Crippen molar-refractivity contribution in [2.45, 2.75) is 19.1 Å². The van der Waals surface area contributed by atoms with E-state index in [9.17, 15) is 22.4 Å². The van der Waals surface area contributed by atoms with Crippen LogP contribution in [0.15, 0.2) is 18.2 Å². The maximum absolute atomic E-state index is 13.6. The highest BCUT2D eigenvalue weighted by atomic mass is 35.5. The Hall–Kier alpha value is -1.30. The van der Waals surface area contributed by atoms with E-state index in [0.717, 1.165) is 12.1 Å². The zero-order chi connectivity index (χ0) is 13.9. The van der Waals surface area contributed by atoms with Gasteiger partial charge in [-0.15, -0.1) is 11.6 Å². The van der Waals surface area contributed by atoms with Crippen LogP contribution < -0.4 is 5.32 Å². The highest BCUT2D eigenvalue weighted by molar-refractivity contribution is 6.18. The smallest absolute Gasteiger partial charge is 0.348 e. The summed E-state index contributed by atoms with van der Waals surface area (Å²) in [6.07, 6.45) is -4.83. The van der Waals surface area contributed by atoms with E-state index in [2.05, 4.69) is 5.32 Å². The first-order valence-corrected chi connectivity index (χ1v) is 5.53. The Morgan fingerprint density at radius 3 is 2.56 bits per heavy atom. The lowest BCUT2D eigenvalue weighted by atomic mass is 10.1. The Bertz CT molecular complexity index is 447. The van der Waals surface area contributed by atoms with Gasteiger partial charge >= 0.3 is 6.18 Å². The summed E-state index contributed by atoms with van der Waals surface area (Å²) in [6.45, 7) is 1.55. The molecule has 0 bridgehead atoms. The number of nitrogens with one attached hydrogen (secondary N) is 1. The molecule has 18 heavy (non-hydrogen) atoms. The Kier molecular flexibility index (Phi) is 4.56. The van der Waals surface area contributed by atoms with Crippen molar-refractivity contribution >= 4 is 17.5 Å². The average Bonchev–Trinajstić information content (AvgIpc) is 2.27. The van der Waals surface area contributed by atoms with E-state index in [0.29, 0.717) is 6.07 Å². The predicted octanol–water partition coefficient (Wildman–Crippen LogP) is 3.20. The van der Waals surface area contributed by atoms with Gasteiger partial charge in [0.15, 0.2) is 0 Å². The van der Waals surface area contributed by atoms with Crippen LogP contribution in [0, 0.1) is 5.82 Å². The fourth-order valence-electron chi connectivity index (χ4n) is 1.27. The van der Waals surface area contributed by atoms with Crippen molar-refractivity contribution in [1.29, 1.82) is 0 Å². The fourth-order valence-corrected chi connectivity index (χ4v) is 1.34. The zero-order valence-electron chi connectivity index (χ0n) is 9.31. The Morgan fingerprint density at radius 2 is 2.06 bits per heavy atom. The molecule has 1 atom stereocenters. The van der Waals surface area contributed by atoms with Crippen LogP contribution in [0.4, 0.5) is 17.6 Å². The van der Waals surface area contributed by atoms with Gasteiger partial charge in [-0.1, -0.05) is 6.07 Å². The quantitative estimate of drug-likeness (QED) is 0.670. The number of amides is 1. The summed E-state index contributed by atoms with van der Waals surface area (Å²) in [5.41, 5.74) is -2.12. The second-order valence-corrected chi connectivity index (χ2v) is 4.00. The maximum Gasteiger partial charge on any atom is 0.419 e. The minimum absolute atomic E-state index is 0.0757. The monoisotopic (exact) mass is 283 g/mol. The number of halogens is 5. The first-order chi connectivity index (χ1) is 8.27. The molecule has 0 spiro atoms. The van der Waals surface area contributed by atoms with Gasteiger partial charge in [-0.2, -0.15) is 13.2 Å². The van der Waals surface area contributed by atoms with Crippen LogP contribution in [0.2, 0.25) is 0 Å². The lowest BCUT2D eigenvalue weighted by molar-refractivity contribution is -0.140. The number of alkyl halides is 4. The van der Waals surface area contributed by atoms with Crippen molar-refractivity contribution in [2.75, 3.05) is 5.88 Å². The summed E-state index contributed by atoms with van der Waals surface area (Å²) >= 11 is 5.44. The molecule has 0 saturated carbocycles. The van der Waals surface area contributed by atoms with Crippen molar-refractivity contribution in [3.8, 4) is 0 Å². The van der Waals surface area contributed by atoms with Crippen LogP contribution in [0.5, 0.6) is 0 Å². The lowest BCUT2D eigenvalue weighted by Crippen LogP contribution is -2.34. The molecule has 0 fully saturated rings. The zero-order valence-corrected chi connectivity index (χ0v) is 10.1. The van der Waals surface area contributed by atoms with Gasteiger partial charge in [-0.3, -0.25) is 4.79 Å². The topological polar surface area (TPSA) is 29.1 Å². The molecule has 0 saturated heterocycles. The summed E-state index contributed by atoms with van der Waals surface area (Å²) in [5.74, 6) is -2.43. The van der Waals surface area contributed by atoms with Crippen molar-refractivity contribution in [3.63, 3.8) is 0 Å². The molecule has 1 amide bonds. The normalized spacial score (nSPS) is 13.2. The van der Waals surface area contributed by atoms with Crippen molar-refractivity contribution in [1.82, 2.24) is 5.32 Å². The largest absolute Gasteiger partial charge is 0.419 e. The van der Waals surface area contributed by atoms with E-state index in [4.69, 9.17) is 11.6 Å². The van der Waals surface area contributed by atoms with Gasteiger partial charge in [-0.25, -0.2) is 4.39 Å². The summed E-state index contributed by atoms with van der Waals surface area (Å²) in [5, 5.41) is 2.29. The Labute approximate surface area is 106 Å². The van der Waals surface area contributed by atoms with Gasteiger partial charge < -0.3 is 5.32 Å². The van der Waals surface area contributed by atoms with Crippen LogP contribution >= 0.6 is 11.6 Å². The third-order valence-corrected chi connectivity index (χ3v) is 2.62. The maximum atomic E-state index is 13.6. The molecule has 2 nitrogen and oxygen atoms in total. The van der Waals surface area contributed by atoms with Gasteiger partial charge in [0.2, 0.25) is 0 Å². The molecule has 0 aliphatic rings. The molecule has 1 N–H and O–H groups in total. The molecule has 0 aliphatic heterocycles. The number of benzene rings is 1. The van der Waals surface area contributed by atoms with Crippen molar-refractivity contribution < 1.29 is 22.4 Å². The van der Waals surface area contributed by atoms with Crippen molar-refractivity contribution in [2.24, 2.45) is 0 Å². The van der Waals surface area contributed by atoms with Crippen LogP contribution in [0.1, 0.15) is 22.8 Å². The summed E-state index contributed by atoms with van der Waals surface area (Å²) < 4.78 is 50.8. The standard InChI is InChI=1S/C11H10ClF4NO/c1-6(5-12)17-10(18)7-3-2-4-8(9(7)13)11(14,15)16/h2-4,6H,5H2,1H3,(H,17,18). The number of carbonyl (C=O) groups is 1. The summed E-state index contributed by atoms with van der Waals surface area (Å²) in [6, 6.07) is 2.08. The van der Waals surface area contributed by atoms with E-state index in [1.54, 1.807) is 6.92 Å².